The number of nitrogens with one attached hydrogen (secondary N) is 1. The van der Waals surface area contributed by atoms with E-state index in [0.29, 0.717) is 12.3 Å². The molecule has 0 aliphatic rings. The Balaban J connectivity index is 2.21. The SMILES string of the molecule is CCNCc1ccc(COCCC(F)(F)F)o1. The van der Waals surface area contributed by atoms with E-state index in [1.54, 1.807) is 12.1 Å². The molecule has 0 fully saturated rings. The second-order valence-corrected chi connectivity index (χ2v) is 3.57. The summed E-state index contributed by atoms with van der Waals surface area (Å²) < 4.78 is 45.7. The van der Waals surface area contributed by atoms with Crippen molar-refractivity contribution in [2.45, 2.75) is 32.7 Å². The zero-order valence-electron chi connectivity index (χ0n) is 9.64. The van der Waals surface area contributed by atoms with Gasteiger partial charge in [0.2, 0.25) is 0 Å². The highest BCUT2D eigenvalue weighted by Gasteiger charge is 2.26. The zero-order valence-corrected chi connectivity index (χ0v) is 9.64. The molecule has 0 radical (unpaired) electrons. The predicted octanol–water partition coefficient (Wildman–Crippen LogP) is 2.86. The third-order valence-electron chi connectivity index (χ3n) is 2.04. The number of alkyl halides is 3. The van der Waals surface area contributed by atoms with Gasteiger partial charge < -0.3 is 14.5 Å². The molecule has 98 valence electrons. The average molecular weight is 251 g/mol. The number of rotatable bonds is 7. The van der Waals surface area contributed by atoms with Gasteiger partial charge >= 0.3 is 6.18 Å². The average Bonchev–Trinajstić information content (AvgIpc) is 2.68. The van der Waals surface area contributed by atoms with E-state index in [1.807, 2.05) is 6.92 Å². The van der Waals surface area contributed by atoms with Gasteiger partial charge in [0, 0.05) is 0 Å². The lowest BCUT2D eigenvalue weighted by molar-refractivity contribution is -0.146. The molecule has 0 saturated heterocycles. The third kappa shape index (κ3) is 6.33. The summed E-state index contributed by atoms with van der Waals surface area (Å²) in [6, 6.07) is 3.49. The Labute approximate surface area is 97.9 Å². The van der Waals surface area contributed by atoms with Gasteiger partial charge in [0.25, 0.3) is 0 Å². The molecule has 1 heterocycles. The maximum atomic E-state index is 11.8. The van der Waals surface area contributed by atoms with Crippen LogP contribution in [0.4, 0.5) is 13.2 Å². The number of ether oxygens (including phenoxy) is 1. The van der Waals surface area contributed by atoms with Crippen LogP contribution in [0.25, 0.3) is 0 Å². The highest BCUT2D eigenvalue weighted by molar-refractivity contribution is 5.06. The lowest BCUT2D eigenvalue weighted by atomic mass is 10.4. The fourth-order valence-electron chi connectivity index (χ4n) is 1.20. The number of hydrogen-bond acceptors (Lipinski definition) is 3. The first-order chi connectivity index (χ1) is 8.01. The van der Waals surface area contributed by atoms with Crippen LogP contribution in [0, 0.1) is 0 Å². The zero-order chi connectivity index (χ0) is 12.7. The molecule has 17 heavy (non-hydrogen) atoms. The van der Waals surface area contributed by atoms with Crippen molar-refractivity contribution in [2.75, 3.05) is 13.2 Å². The van der Waals surface area contributed by atoms with Crippen LogP contribution >= 0.6 is 0 Å². The molecule has 1 N–H and O–H groups in total. The van der Waals surface area contributed by atoms with Crippen LogP contribution in [-0.4, -0.2) is 19.3 Å². The summed E-state index contributed by atoms with van der Waals surface area (Å²) in [7, 11) is 0. The molecule has 0 spiro atoms. The van der Waals surface area contributed by atoms with Gasteiger partial charge in [-0.15, -0.1) is 0 Å². The minimum Gasteiger partial charge on any atom is -0.462 e. The first-order valence-electron chi connectivity index (χ1n) is 5.44. The minimum absolute atomic E-state index is 0.0716. The topological polar surface area (TPSA) is 34.4 Å². The Morgan fingerprint density at radius 2 is 2.00 bits per heavy atom. The van der Waals surface area contributed by atoms with E-state index in [-0.39, 0.29) is 13.2 Å². The van der Waals surface area contributed by atoms with Crippen LogP contribution in [0.5, 0.6) is 0 Å². The molecule has 0 amide bonds. The molecule has 0 saturated carbocycles. The molecule has 0 atom stereocenters. The number of furan rings is 1. The van der Waals surface area contributed by atoms with E-state index >= 15 is 0 Å². The van der Waals surface area contributed by atoms with Crippen molar-refractivity contribution in [3.63, 3.8) is 0 Å². The molecule has 0 bridgehead atoms. The molecular formula is C11H16F3NO2. The highest BCUT2D eigenvalue weighted by atomic mass is 19.4. The molecule has 0 aliphatic heterocycles. The summed E-state index contributed by atoms with van der Waals surface area (Å²) in [5.41, 5.74) is 0. The number of halogens is 3. The molecule has 0 aromatic carbocycles. The normalized spacial score (nSPS) is 12.0. The van der Waals surface area contributed by atoms with Crippen LogP contribution in [0.2, 0.25) is 0 Å². The maximum absolute atomic E-state index is 11.8. The quantitative estimate of drug-likeness (QED) is 0.757. The monoisotopic (exact) mass is 251 g/mol. The Kier molecular flexibility index (Phi) is 5.50. The summed E-state index contributed by atoms with van der Waals surface area (Å²) >= 11 is 0. The minimum atomic E-state index is -4.17. The van der Waals surface area contributed by atoms with E-state index in [2.05, 4.69) is 5.32 Å². The van der Waals surface area contributed by atoms with E-state index in [4.69, 9.17) is 9.15 Å². The van der Waals surface area contributed by atoms with Crippen LogP contribution in [0.15, 0.2) is 16.5 Å². The molecule has 1 aromatic heterocycles. The van der Waals surface area contributed by atoms with Gasteiger partial charge in [0.1, 0.15) is 18.1 Å². The Morgan fingerprint density at radius 1 is 1.29 bits per heavy atom. The summed E-state index contributed by atoms with van der Waals surface area (Å²) in [6.45, 7) is 3.15. The summed E-state index contributed by atoms with van der Waals surface area (Å²) in [4.78, 5) is 0. The molecule has 1 rings (SSSR count). The van der Waals surface area contributed by atoms with Crippen LogP contribution < -0.4 is 5.32 Å². The lowest BCUT2D eigenvalue weighted by Gasteiger charge is -2.05. The van der Waals surface area contributed by atoms with Crippen molar-refractivity contribution in [1.29, 1.82) is 0 Å². The van der Waals surface area contributed by atoms with Gasteiger partial charge in [-0.2, -0.15) is 13.2 Å². The van der Waals surface area contributed by atoms with E-state index in [1.165, 1.54) is 0 Å². The molecule has 0 unspecified atom stereocenters. The predicted molar refractivity (Wildman–Crippen MR) is 56.4 cm³/mol. The molecule has 3 nitrogen and oxygen atoms in total. The van der Waals surface area contributed by atoms with Crippen molar-refractivity contribution < 1.29 is 22.3 Å². The summed E-state index contributed by atoms with van der Waals surface area (Å²) in [5, 5.41) is 3.08. The standard InChI is InChI=1S/C11H16F3NO2/c1-2-15-7-9-3-4-10(17-9)8-16-6-5-11(12,13)14/h3-4,15H,2,5-8H2,1H3. The first kappa shape index (κ1) is 14.1. The van der Waals surface area contributed by atoms with Crippen LogP contribution in [0.3, 0.4) is 0 Å². The van der Waals surface area contributed by atoms with Crippen LogP contribution in [-0.2, 0) is 17.9 Å². The second-order valence-electron chi connectivity index (χ2n) is 3.57. The van der Waals surface area contributed by atoms with Crippen molar-refractivity contribution >= 4 is 0 Å². The maximum Gasteiger partial charge on any atom is 0.391 e. The largest absolute Gasteiger partial charge is 0.462 e. The van der Waals surface area contributed by atoms with E-state index < -0.39 is 12.6 Å². The summed E-state index contributed by atoms with van der Waals surface area (Å²) in [6.07, 6.45) is -5.10. The lowest BCUT2D eigenvalue weighted by Crippen LogP contribution is -2.11. The Bertz CT molecular complexity index is 323. The number of hydrogen-bond donors (Lipinski definition) is 1. The third-order valence-corrected chi connectivity index (χ3v) is 2.04. The first-order valence-corrected chi connectivity index (χ1v) is 5.44. The molecule has 6 heteroatoms. The van der Waals surface area contributed by atoms with Crippen molar-refractivity contribution in [2.24, 2.45) is 0 Å². The van der Waals surface area contributed by atoms with Gasteiger partial charge in [-0.05, 0) is 18.7 Å². The van der Waals surface area contributed by atoms with E-state index in [9.17, 15) is 13.2 Å². The van der Waals surface area contributed by atoms with E-state index in [0.717, 1.165) is 12.3 Å². The van der Waals surface area contributed by atoms with Crippen molar-refractivity contribution in [3.8, 4) is 0 Å². The summed E-state index contributed by atoms with van der Waals surface area (Å²) in [5.74, 6) is 1.29. The van der Waals surface area contributed by atoms with Crippen molar-refractivity contribution in [1.82, 2.24) is 5.32 Å². The van der Waals surface area contributed by atoms with Gasteiger partial charge in [-0.3, -0.25) is 0 Å². The second kappa shape index (κ2) is 6.66. The van der Waals surface area contributed by atoms with Gasteiger partial charge in [0.05, 0.1) is 19.6 Å². The fraction of sp³-hybridized carbons (Fsp3) is 0.636. The molecule has 0 aliphatic carbocycles. The highest BCUT2D eigenvalue weighted by Crippen LogP contribution is 2.19. The van der Waals surface area contributed by atoms with Crippen LogP contribution in [0.1, 0.15) is 24.9 Å². The van der Waals surface area contributed by atoms with Gasteiger partial charge in [-0.1, -0.05) is 6.92 Å². The Hall–Kier alpha value is -1.01. The smallest absolute Gasteiger partial charge is 0.391 e. The van der Waals surface area contributed by atoms with Gasteiger partial charge in [0.15, 0.2) is 0 Å². The Morgan fingerprint density at radius 3 is 2.65 bits per heavy atom. The molecular weight excluding hydrogens is 235 g/mol. The van der Waals surface area contributed by atoms with Crippen molar-refractivity contribution in [3.05, 3.63) is 23.7 Å². The fourth-order valence-corrected chi connectivity index (χ4v) is 1.20. The molecule has 1 aromatic rings. The van der Waals surface area contributed by atoms with Gasteiger partial charge in [-0.25, -0.2) is 0 Å².